The summed E-state index contributed by atoms with van der Waals surface area (Å²) in [5.41, 5.74) is 1.95. The van der Waals surface area contributed by atoms with Gasteiger partial charge in [-0.2, -0.15) is 0 Å². The molecule has 0 unspecified atom stereocenters. The Balaban J connectivity index is 1.31. The summed E-state index contributed by atoms with van der Waals surface area (Å²) in [7, 11) is 0. The third kappa shape index (κ3) is 4.08. The van der Waals surface area contributed by atoms with E-state index in [-0.39, 0.29) is 12.5 Å². The average Bonchev–Trinajstić information content (AvgIpc) is 3.36. The topological polar surface area (TPSA) is 66.7 Å². The molecule has 0 bridgehead atoms. The Morgan fingerprint density at radius 3 is 2.75 bits per heavy atom. The lowest BCUT2D eigenvalue weighted by atomic mass is 10.0. The van der Waals surface area contributed by atoms with Crippen LogP contribution >= 0.6 is 46.1 Å². The Labute approximate surface area is 204 Å². The summed E-state index contributed by atoms with van der Waals surface area (Å²) in [6.45, 7) is 5.17. The summed E-state index contributed by atoms with van der Waals surface area (Å²) in [5.74, 6) is 1.44. The molecule has 0 saturated carbocycles. The number of ether oxygens (including phenoxy) is 1. The summed E-state index contributed by atoms with van der Waals surface area (Å²) < 4.78 is 11.7. The molecule has 2 aliphatic rings. The van der Waals surface area contributed by atoms with Crippen LogP contribution in [0.3, 0.4) is 0 Å². The Bertz CT molecular complexity index is 1170. The van der Waals surface area contributed by atoms with Gasteiger partial charge >= 0.3 is 0 Å². The van der Waals surface area contributed by atoms with Crippen molar-refractivity contribution in [2.24, 2.45) is 0 Å². The lowest BCUT2D eigenvalue weighted by molar-refractivity contribution is 0.0929. The molecule has 4 heterocycles. The molecule has 32 heavy (non-hydrogen) atoms. The van der Waals surface area contributed by atoms with Crippen LogP contribution in [0.5, 0.6) is 5.75 Å². The second-order valence-corrected chi connectivity index (χ2v) is 10.0. The summed E-state index contributed by atoms with van der Waals surface area (Å²) >= 11 is 19.9. The second-order valence-electron chi connectivity index (χ2n) is 7.67. The molecule has 1 aromatic carbocycles. The monoisotopic (exact) mass is 511 g/mol. The van der Waals surface area contributed by atoms with Crippen LogP contribution in [0, 0.1) is 0 Å². The van der Waals surface area contributed by atoms with E-state index in [1.165, 1.54) is 10.4 Å². The quantitative estimate of drug-likeness (QED) is 0.431. The number of furan rings is 1. The molecule has 3 aromatic rings. The third-order valence-corrected chi connectivity index (χ3v) is 7.58. The van der Waals surface area contributed by atoms with Gasteiger partial charge in [-0.1, -0.05) is 41.7 Å². The van der Waals surface area contributed by atoms with Crippen LogP contribution < -0.4 is 15.4 Å². The average molecular weight is 513 g/mol. The zero-order chi connectivity index (χ0) is 22.4. The number of nitrogens with zero attached hydrogens (tertiary/aromatic N) is 1. The Kier molecular flexibility index (Phi) is 6.03. The van der Waals surface area contributed by atoms with E-state index in [1.54, 1.807) is 29.5 Å². The van der Waals surface area contributed by atoms with Crippen molar-refractivity contribution in [3.8, 4) is 5.75 Å². The molecule has 2 aliphatic heterocycles. The maximum absolute atomic E-state index is 12.9. The summed E-state index contributed by atoms with van der Waals surface area (Å²) in [5, 5.41) is 8.42. The minimum absolute atomic E-state index is 0.0693. The summed E-state index contributed by atoms with van der Waals surface area (Å²) in [6.07, 6.45) is 0.446. The number of fused-ring (bicyclic) bond motifs is 3. The first-order chi connectivity index (χ1) is 15.4. The van der Waals surface area contributed by atoms with Gasteiger partial charge < -0.3 is 19.8 Å². The normalized spacial score (nSPS) is 18.0. The van der Waals surface area contributed by atoms with Crippen LogP contribution in [0.25, 0.3) is 0 Å². The van der Waals surface area contributed by atoms with Crippen LogP contribution in [-0.2, 0) is 19.6 Å². The number of amides is 1. The maximum Gasteiger partial charge on any atom is 0.256 e. The highest BCUT2D eigenvalue weighted by Gasteiger charge is 2.34. The molecule has 1 amide bonds. The van der Waals surface area contributed by atoms with E-state index in [4.69, 9.17) is 44.0 Å². The van der Waals surface area contributed by atoms with Crippen LogP contribution in [0.15, 0.2) is 28.7 Å². The fourth-order valence-corrected chi connectivity index (χ4v) is 6.26. The first-order valence-electron chi connectivity index (χ1n) is 10.2. The standard InChI is InChI=1S/C22H20Cl3N3O3S/c1-2-28-6-5-13-17(9-28)32-22-18(13)21(29)26-20(27-22)16-4-3-12(31-16)10-30-19-14(24)7-11(23)8-15(19)25/h3-4,7-8,20,27H,2,5-6,9-10H2,1H3,(H,26,29)/t20-/m0/s1. The highest BCUT2D eigenvalue weighted by atomic mass is 35.5. The Hall–Kier alpha value is -1.90. The summed E-state index contributed by atoms with van der Waals surface area (Å²) in [6, 6.07) is 6.75. The van der Waals surface area contributed by atoms with Crippen molar-refractivity contribution in [1.82, 2.24) is 10.2 Å². The Morgan fingerprint density at radius 2 is 2.00 bits per heavy atom. The number of anilines is 1. The predicted molar refractivity (Wildman–Crippen MR) is 127 cm³/mol. The second kappa shape index (κ2) is 8.80. The van der Waals surface area contributed by atoms with Gasteiger partial charge in [0.05, 0.1) is 15.6 Å². The number of hydrogen-bond donors (Lipinski definition) is 2. The van der Waals surface area contributed by atoms with Crippen molar-refractivity contribution in [3.63, 3.8) is 0 Å². The lowest BCUT2D eigenvalue weighted by Crippen LogP contribution is -2.38. The first-order valence-corrected chi connectivity index (χ1v) is 12.2. The maximum atomic E-state index is 12.9. The smallest absolute Gasteiger partial charge is 0.256 e. The van der Waals surface area contributed by atoms with E-state index in [0.29, 0.717) is 32.3 Å². The minimum atomic E-state index is -0.450. The van der Waals surface area contributed by atoms with E-state index in [2.05, 4.69) is 22.5 Å². The fraction of sp³-hybridized carbons (Fsp3) is 0.318. The van der Waals surface area contributed by atoms with E-state index >= 15 is 0 Å². The Morgan fingerprint density at radius 1 is 1.22 bits per heavy atom. The number of carbonyl (C=O) groups is 1. The van der Waals surface area contributed by atoms with Gasteiger partial charge in [0.1, 0.15) is 23.1 Å². The van der Waals surface area contributed by atoms with Gasteiger partial charge in [0.25, 0.3) is 5.91 Å². The van der Waals surface area contributed by atoms with Gasteiger partial charge in [-0.05, 0) is 42.8 Å². The zero-order valence-electron chi connectivity index (χ0n) is 17.1. The van der Waals surface area contributed by atoms with E-state index in [1.807, 2.05) is 6.07 Å². The van der Waals surface area contributed by atoms with Crippen LogP contribution in [0.4, 0.5) is 5.00 Å². The molecule has 6 nitrogen and oxygen atoms in total. The zero-order valence-corrected chi connectivity index (χ0v) is 20.2. The fourth-order valence-electron chi connectivity index (χ4n) is 4.02. The lowest BCUT2D eigenvalue weighted by Gasteiger charge is -2.27. The molecular weight excluding hydrogens is 493 g/mol. The van der Waals surface area contributed by atoms with Gasteiger partial charge in [0.15, 0.2) is 11.9 Å². The SMILES string of the molecule is CCN1CCc2c(sc3c2C(=O)N[C@H](c2ccc(COc4c(Cl)cc(Cl)cc4Cl)o2)N3)C1. The van der Waals surface area contributed by atoms with Crippen molar-refractivity contribution >= 4 is 57.0 Å². The van der Waals surface area contributed by atoms with Crippen molar-refractivity contribution in [1.29, 1.82) is 0 Å². The number of carbonyl (C=O) groups excluding carboxylic acids is 1. The largest absolute Gasteiger partial charge is 0.483 e. The molecule has 1 atom stereocenters. The number of rotatable bonds is 5. The van der Waals surface area contributed by atoms with Gasteiger partial charge in [-0.15, -0.1) is 11.3 Å². The van der Waals surface area contributed by atoms with Gasteiger partial charge in [0, 0.05) is 23.0 Å². The molecule has 0 fully saturated rings. The molecule has 0 aliphatic carbocycles. The molecule has 0 spiro atoms. The van der Waals surface area contributed by atoms with E-state index in [9.17, 15) is 4.79 Å². The van der Waals surface area contributed by atoms with Gasteiger partial charge in [-0.3, -0.25) is 9.69 Å². The van der Waals surface area contributed by atoms with E-state index in [0.717, 1.165) is 36.6 Å². The predicted octanol–water partition coefficient (Wildman–Crippen LogP) is 6.11. The number of benzene rings is 1. The van der Waals surface area contributed by atoms with Gasteiger partial charge in [0.2, 0.25) is 0 Å². The molecular formula is C22H20Cl3N3O3S. The molecule has 2 aromatic heterocycles. The minimum Gasteiger partial charge on any atom is -0.483 e. The number of nitrogens with one attached hydrogen (secondary N) is 2. The molecule has 0 radical (unpaired) electrons. The number of halogens is 3. The van der Waals surface area contributed by atoms with Crippen LogP contribution in [0.1, 0.15) is 45.4 Å². The van der Waals surface area contributed by atoms with Crippen LogP contribution in [0.2, 0.25) is 15.1 Å². The summed E-state index contributed by atoms with van der Waals surface area (Å²) in [4.78, 5) is 16.6. The van der Waals surface area contributed by atoms with Crippen molar-refractivity contribution in [2.45, 2.75) is 32.7 Å². The first kappa shape index (κ1) is 21.9. The molecule has 5 rings (SSSR count). The molecule has 10 heteroatoms. The van der Waals surface area contributed by atoms with Crippen LogP contribution in [-0.4, -0.2) is 23.9 Å². The molecule has 0 saturated heterocycles. The molecule has 168 valence electrons. The highest BCUT2D eigenvalue weighted by molar-refractivity contribution is 7.16. The number of likely N-dealkylation sites (N-methyl/N-ethyl adjacent to an activating group) is 1. The number of thiophene rings is 1. The third-order valence-electron chi connectivity index (χ3n) is 5.65. The molecule has 2 N–H and O–H groups in total. The number of hydrogen-bond acceptors (Lipinski definition) is 6. The van der Waals surface area contributed by atoms with Crippen molar-refractivity contribution in [2.75, 3.05) is 18.4 Å². The highest BCUT2D eigenvalue weighted by Crippen LogP contribution is 2.41. The van der Waals surface area contributed by atoms with Crippen molar-refractivity contribution < 1.29 is 13.9 Å². The van der Waals surface area contributed by atoms with E-state index < -0.39 is 6.17 Å². The van der Waals surface area contributed by atoms with Crippen molar-refractivity contribution in [3.05, 3.63) is 66.9 Å². The van der Waals surface area contributed by atoms with Gasteiger partial charge in [-0.25, -0.2) is 0 Å².